The Morgan fingerprint density at radius 1 is 0.667 bits per heavy atom. The van der Waals surface area contributed by atoms with Crippen LogP contribution in [0.5, 0.6) is 5.75 Å². The number of hydrogen-bond acceptors (Lipinski definition) is 1. The second-order valence-corrected chi connectivity index (χ2v) is 3.87. The normalized spacial score (nSPS) is 8.80. The zero-order chi connectivity index (χ0) is 10.2. The van der Waals surface area contributed by atoms with Crippen molar-refractivity contribution in [3.05, 3.63) is 27.8 Å². The molecule has 0 bridgehead atoms. The zero-order valence-electron chi connectivity index (χ0n) is 9.72. The van der Waals surface area contributed by atoms with Gasteiger partial charge in [0.1, 0.15) is 0 Å². The first kappa shape index (κ1) is 17.7. The van der Waals surface area contributed by atoms with E-state index in [0.29, 0.717) is 0 Å². The van der Waals surface area contributed by atoms with Gasteiger partial charge in [-0.3, -0.25) is 0 Å². The van der Waals surface area contributed by atoms with Crippen molar-refractivity contribution >= 4 is 24.8 Å². The predicted octanol–water partition coefficient (Wildman–Crippen LogP) is 3.91. The molecule has 1 aromatic rings. The van der Waals surface area contributed by atoms with Crippen LogP contribution in [-0.2, 0) is 20.8 Å². The summed E-state index contributed by atoms with van der Waals surface area (Å²) < 4.78 is 5.39. The summed E-state index contributed by atoms with van der Waals surface area (Å²) >= 11 is 1.74. The Morgan fingerprint density at radius 3 is 1.20 bits per heavy atom. The standard InChI is InChI=1S/C11H16O.2ClH.Ti/c1-6-7(2)9(4)11(12)10(5)8(6)3;;;/h12H,1-5H3;2*1H;/q;;;+1/p-1. The third-order valence-corrected chi connectivity index (χ3v) is 3.35. The molecule has 1 nitrogen and oxygen atoms in total. The van der Waals surface area contributed by atoms with Crippen molar-refractivity contribution in [3.63, 3.8) is 0 Å². The molecule has 0 amide bonds. The number of halogens is 2. The van der Waals surface area contributed by atoms with Crippen LogP contribution in [0.4, 0.5) is 0 Å². The van der Waals surface area contributed by atoms with E-state index in [-0.39, 0.29) is 24.8 Å². The average Bonchev–Trinajstić information content (AvgIpc) is 2.13. The molecule has 0 heterocycles. The van der Waals surface area contributed by atoms with Gasteiger partial charge in [-0.2, -0.15) is 0 Å². The van der Waals surface area contributed by atoms with Crippen LogP contribution in [0, 0.1) is 34.6 Å². The topological polar surface area (TPSA) is 9.23 Å². The first-order chi connectivity index (χ1) is 6.00. The molecule has 0 radical (unpaired) electrons. The van der Waals surface area contributed by atoms with E-state index in [1.165, 1.54) is 27.8 Å². The van der Waals surface area contributed by atoms with Crippen molar-refractivity contribution in [2.75, 3.05) is 0 Å². The number of hydrogen-bond donors (Lipinski definition) is 0. The zero-order valence-corrected chi connectivity index (χ0v) is 12.9. The van der Waals surface area contributed by atoms with Crippen LogP contribution < -0.4 is 3.32 Å². The monoisotopic (exact) mass is 283 g/mol. The van der Waals surface area contributed by atoms with Gasteiger partial charge in [0.05, 0.1) is 0 Å². The molecule has 4 heteroatoms. The molecule has 0 atom stereocenters. The van der Waals surface area contributed by atoms with E-state index in [1.807, 2.05) is 0 Å². The quantitative estimate of drug-likeness (QED) is 0.710. The van der Waals surface area contributed by atoms with Gasteiger partial charge in [0.2, 0.25) is 0 Å². The van der Waals surface area contributed by atoms with E-state index >= 15 is 0 Å². The molecule has 1 rings (SSSR count). The van der Waals surface area contributed by atoms with Gasteiger partial charge in [0.25, 0.3) is 0 Å². The summed E-state index contributed by atoms with van der Waals surface area (Å²) in [6.45, 7) is 10.7. The Hall–Kier alpha value is 0.314. The summed E-state index contributed by atoms with van der Waals surface area (Å²) in [5, 5.41) is 0. The summed E-state index contributed by atoms with van der Waals surface area (Å²) in [5.41, 5.74) is 6.61. The van der Waals surface area contributed by atoms with Crippen molar-refractivity contribution in [2.45, 2.75) is 34.6 Å². The van der Waals surface area contributed by atoms with Crippen molar-refractivity contribution < 1.29 is 24.1 Å². The van der Waals surface area contributed by atoms with Crippen LogP contribution in [0.2, 0.25) is 0 Å². The molecule has 0 unspecified atom stereocenters. The predicted molar refractivity (Wildman–Crippen MR) is 65.3 cm³/mol. The fourth-order valence-electron chi connectivity index (χ4n) is 1.62. The maximum atomic E-state index is 5.39. The second kappa shape index (κ2) is 6.80. The van der Waals surface area contributed by atoms with Crippen LogP contribution in [0.1, 0.15) is 27.8 Å². The van der Waals surface area contributed by atoms with Crippen molar-refractivity contribution in [3.8, 4) is 5.75 Å². The van der Waals surface area contributed by atoms with Crippen LogP contribution in [0.25, 0.3) is 0 Å². The Labute approximate surface area is 117 Å². The van der Waals surface area contributed by atoms with Crippen molar-refractivity contribution in [1.82, 2.24) is 0 Å². The SMILES string of the molecule is Cc1c(C)c(C)c([O][Ti])c(C)c1C.Cl.Cl. The van der Waals surface area contributed by atoms with Gasteiger partial charge in [-0.05, 0) is 0 Å². The smallest absolute Gasteiger partial charge is 0.147 e. The molecule has 0 fully saturated rings. The van der Waals surface area contributed by atoms with Gasteiger partial charge < -0.3 is 0 Å². The van der Waals surface area contributed by atoms with Gasteiger partial charge in [-0.25, -0.2) is 0 Å². The van der Waals surface area contributed by atoms with E-state index in [4.69, 9.17) is 3.32 Å². The minimum absolute atomic E-state index is 0. The van der Waals surface area contributed by atoms with Crippen molar-refractivity contribution in [2.24, 2.45) is 0 Å². The first-order valence-electron chi connectivity index (χ1n) is 4.41. The van der Waals surface area contributed by atoms with Gasteiger partial charge >= 0.3 is 92.3 Å². The molecule has 0 saturated carbocycles. The third kappa shape index (κ3) is 3.13. The molecule has 0 aliphatic carbocycles. The maximum Gasteiger partial charge on any atom is -0.147 e. The average molecular weight is 284 g/mol. The first-order valence-corrected chi connectivity index (χ1v) is 5.05. The third-order valence-electron chi connectivity index (χ3n) is 3.03. The molecule has 0 aromatic heterocycles. The molecule has 15 heavy (non-hydrogen) atoms. The Kier molecular flexibility index (Phi) is 8.03. The summed E-state index contributed by atoms with van der Waals surface area (Å²) in [6.07, 6.45) is 0. The maximum absolute atomic E-state index is 5.39. The minimum atomic E-state index is 0. The van der Waals surface area contributed by atoms with Gasteiger partial charge in [-0.15, -0.1) is 24.8 Å². The fraction of sp³-hybridized carbons (Fsp3) is 0.455. The minimum Gasteiger partial charge on any atom is -0.147 e. The van der Waals surface area contributed by atoms with E-state index in [2.05, 4.69) is 34.6 Å². The molecule has 1 aromatic carbocycles. The van der Waals surface area contributed by atoms with E-state index in [1.54, 1.807) is 20.8 Å². The largest absolute Gasteiger partial charge is 0.147 e. The molecule has 85 valence electrons. The van der Waals surface area contributed by atoms with Crippen LogP contribution in [0.3, 0.4) is 0 Å². The van der Waals surface area contributed by atoms with E-state index in [9.17, 15) is 0 Å². The Balaban J connectivity index is 0. The molecule has 0 saturated heterocycles. The summed E-state index contributed by atoms with van der Waals surface area (Å²) in [4.78, 5) is 0. The summed E-state index contributed by atoms with van der Waals surface area (Å²) in [6, 6.07) is 0. The molecule has 0 aliphatic rings. The number of benzene rings is 1. The Morgan fingerprint density at radius 2 is 0.933 bits per heavy atom. The molecule has 0 aliphatic heterocycles. The van der Waals surface area contributed by atoms with Crippen molar-refractivity contribution in [1.29, 1.82) is 0 Å². The summed E-state index contributed by atoms with van der Waals surface area (Å²) in [7, 11) is 0. The molecular formula is C11H17Cl2OTi. The van der Waals surface area contributed by atoms with E-state index in [0.717, 1.165) is 5.75 Å². The van der Waals surface area contributed by atoms with Gasteiger partial charge in [0, 0.05) is 0 Å². The van der Waals surface area contributed by atoms with Gasteiger partial charge in [0.15, 0.2) is 0 Å². The molecule has 0 N–H and O–H groups in total. The molecule has 0 spiro atoms. The van der Waals surface area contributed by atoms with Gasteiger partial charge in [-0.1, -0.05) is 0 Å². The summed E-state index contributed by atoms with van der Waals surface area (Å²) in [5.74, 6) is 1.04. The van der Waals surface area contributed by atoms with E-state index < -0.39 is 0 Å². The molecular weight excluding hydrogens is 267 g/mol. The van der Waals surface area contributed by atoms with Crippen LogP contribution in [-0.4, -0.2) is 0 Å². The van der Waals surface area contributed by atoms with Crippen LogP contribution in [0.15, 0.2) is 0 Å². The fourth-order valence-corrected chi connectivity index (χ4v) is 2.10. The second-order valence-electron chi connectivity index (χ2n) is 3.56. The van der Waals surface area contributed by atoms with Crippen LogP contribution >= 0.6 is 24.8 Å². The number of rotatable bonds is 1. The Bertz CT molecular complexity index is 322.